The summed E-state index contributed by atoms with van der Waals surface area (Å²) in [5.41, 5.74) is 0.893. The standard InChI is InChI=1S/C10H8FN3O2/c1-6-5-16-10(13-6)14-9(15)7-2-3-8(11)12-4-7/h2-5H,1H3,(H,13,14,15). The molecule has 5 nitrogen and oxygen atoms in total. The van der Waals surface area contributed by atoms with Crippen molar-refractivity contribution in [2.75, 3.05) is 5.32 Å². The van der Waals surface area contributed by atoms with Crippen LogP contribution in [0.3, 0.4) is 0 Å². The molecule has 1 amide bonds. The van der Waals surface area contributed by atoms with Gasteiger partial charge >= 0.3 is 6.01 Å². The summed E-state index contributed by atoms with van der Waals surface area (Å²) in [6.07, 6.45) is 2.55. The number of nitrogens with one attached hydrogen (secondary N) is 1. The summed E-state index contributed by atoms with van der Waals surface area (Å²) < 4.78 is 17.4. The molecule has 0 aliphatic carbocycles. The summed E-state index contributed by atoms with van der Waals surface area (Å²) in [7, 11) is 0. The van der Waals surface area contributed by atoms with Crippen molar-refractivity contribution in [2.24, 2.45) is 0 Å². The third kappa shape index (κ3) is 2.22. The Morgan fingerprint density at radius 1 is 1.50 bits per heavy atom. The first-order chi connectivity index (χ1) is 7.65. The number of anilines is 1. The summed E-state index contributed by atoms with van der Waals surface area (Å²) in [6.45, 7) is 1.73. The first kappa shape index (κ1) is 10.3. The minimum Gasteiger partial charge on any atom is -0.432 e. The van der Waals surface area contributed by atoms with Crippen molar-refractivity contribution in [3.05, 3.63) is 41.8 Å². The molecule has 2 aromatic heterocycles. The summed E-state index contributed by atoms with van der Waals surface area (Å²) in [5.74, 6) is -1.09. The van der Waals surface area contributed by atoms with Crippen LogP contribution in [0.5, 0.6) is 0 Å². The van der Waals surface area contributed by atoms with Gasteiger partial charge in [-0.1, -0.05) is 0 Å². The lowest BCUT2D eigenvalue weighted by atomic mass is 10.3. The van der Waals surface area contributed by atoms with Crippen LogP contribution in [-0.4, -0.2) is 15.9 Å². The van der Waals surface area contributed by atoms with Gasteiger partial charge in [-0.25, -0.2) is 4.98 Å². The van der Waals surface area contributed by atoms with E-state index in [1.54, 1.807) is 6.92 Å². The normalized spacial score (nSPS) is 10.1. The Balaban J connectivity index is 2.11. The van der Waals surface area contributed by atoms with Crippen molar-refractivity contribution in [3.8, 4) is 0 Å². The number of carbonyl (C=O) groups excluding carboxylic acids is 1. The van der Waals surface area contributed by atoms with E-state index in [9.17, 15) is 9.18 Å². The lowest BCUT2D eigenvalue weighted by molar-refractivity contribution is 0.102. The SMILES string of the molecule is Cc1coc(NC(=O)c2ccc(F)nc2)n1. The van der Waals surface area contributed by atoms with E-state index in [0.29, 0.717) is 5.69 Å². The zero-order chi connectivity index (χ0) is 11.5. The molecule has 0 aromatic carbocycles. The van der Waals surface area contributed by atoms with E-state index in [0.717, 1.165) is 12.3 Å². The van der Waals surface area contributed by atoms with Crippen molar-refractivity contribution < 1.29 is 13.6 Å². The molecule has 0 aliphatic heterocycles. The van der Waals surface area contributed by atoms with Crippen molar-refractivity contribution in [3.63, 3.8) is 0 Å². The second-order valence-corrected chi connectivity index (χ2v) is 3.12. The van der Waals surface area contributed by atoms with Crippen molar-refractivity contribution >= 4 is 11.9 Å². The molecule has 0 fully saturated rings. The average molecular weight is 221 g/mol. The van der Waals surface area contributed by atoms with Crippen LogP contribution in [0.25, 0.3) is 0 Å². The number of halogens is 1. The Kier molecular flexibility index (Phi) is 2.63. The number of pyridine rings is 1. The topological polar surface area (TPSA) is 68.0 Å². The third-order valence-electron chi connectivity index (χ3n) is 1.83. The Morgan fingerprint density at radius 3 is 2.88 bits per heavy atom. The fourth-order valence-corrected chi connectivity index (χ4v) is 1.09. The minimum absolute atomic E-state index is 0.104. The van der Waals surface area contributed by atoms with Crippen molar-refractivity contribution in [1.82, 2.24) is 9.97 Å². The van der Waals surface area contributed by atoms with Gasteiger partial charge in [0.05, 0.1) is 11.3 Å². The summed E-state index contributed by atoms with van der Waals surface area (Å²) in [6, 6.07) is 2.54. The van der Waals surface area contributed by atoms with Crippen LogP contribution in [0.1, 0.15) is 16.1 Å². The number of carbonyl (C=O) groups is 1. The van der Waals surface area contributed by atoms with Crippen molar-refractivity contribution in [2.45, 2.75) is 6.92 Å². The molecular formula is C10H8FN3O2. The highest BCUT2D eigenvalue weighted by Gasteiger charge is 2.09. The zero-order valence-corrected chi connectivity index (χ0v) is 8.40. The van der Waals surface area contributed by atoms with Gasteiger partial charge in [0.1, 0.15) is 6.26 Å². The first-order valence-electron chi connectivity index (χ1n) is 4.50. The molecule has 16 heavy (non-hydrogen) atoms. The number of hydrogen-bond donors (Lipinski definition) is 1. The number of aryl methyl sites for hydroxylation is 1. The van der Waals surface area contributed by atoms with Crippen LogP contribution >= 0.6 is 0 Å². The third-order valence-corrected chi connectivity index (χ3v) is 1.83. The monoisotopic (exact) mass is 221 g/mol. The van der Waals surface area contributed by atoms with E-state index in [-0.39, 0.29) is 11.6 Å². The van der Waals surface area contributed by atoms with E-state index < -0.39 is 11.9 Å². The van der Waals surface area contributed by atoms with E-state index in [2.05, 4.69) is 15.3 Å². The quantitative estimate of drug-likeness (QED) is 0.784. The van der Waals surface area contributed by atoms with Crippen LogP contribution in [0, 0.1) is 12.9 Å². The van der Waals surface area contributed by atoms with E-state index >= 15 is 0 Å². The summed E-state index contributed by atoms with van der Waals surface area (Å²) in [5, 5.41) is 2.42. The molecule has 2 heterocycles. The van der Waals surface area contributed by atoms with Crippen LogP contribution in [0.15, 0.2) is 29.0 Å². The molecule has 0 aliphatic rings. The second kappa shape index (κ2) is 4.09. The number of aromatic nitrogens is 2. The maximum absolute atomic E-state index is 12.5. The summed E-state index contributed by atoms with van der Waals surface area (Å²) in [4.78, 5) is 18.8. The number of nitrogens with zero attached hydrogens (tertiary/aromatic N) is 2. The van der Waals surface area contributed by atoms with E-state index in [1.807, 2.05) is 0 Å². The highest BCUT2D eigenvalue weighted by molar-refractivity contribution is 6.02. The maximum Gasteiger partial charge on any atom is 0.301 e. The molecule has 0 atom stereocenters. The maximum atomic E-state index is 12.5. The summed E-state index contributed by atoms with van der Waals surface area (Å²) >= 11 is 0. The molecular weight excluding hydrogens is 213 g/mol. The number of hydrogen-bond acceptors (Lipinski definition) is 4. The molecule has 1 N–H and O–H groups in total. The predicted octanol–water partition coefficient (Wildman–Crippen LogP) is 1.77. The van der Waals surface area contributed by atoms with Crippen LogP contribution in [0.2, 0.25) is 0 Å². The Hall–Kier alpha value is -2.24. The Morgan fingerprint density at radius 2 is 2.31 bits per heavy atom. The fraction of sp³-hybridized carbons (Fsp3) is 0.100. The molecule has 0 radical (unpaired) electrons. The lowest BCUT2D eigenvalue weighted by Gasteiger charge is -1.99. The number of amides is 1. The van der Waals surface area contributed by atoms with Gasteiger partial charge < -0.3 is 4.42 Å². The predicted molar refractivity (Wildman–Crippen MR) is 53.4 cm³/mol. The van der Waals surface area contributed by atoms with E-state index in [4.69, 9.17) is 4.42 Å². The van der Waals surface area contributed by atoms with Crippen LogP contribution in [-0.2, 0) is 0 Å². The lowest BCUT2D eigenvalue weighted by Crippen LogP contribution is -2.12. The largest absolute Gasteiger partial charge is 0.432 e. The van der Waals surface area contributed by atoms with Gasteiger partial charge in [0, 0.05) is 6.20 Å². The Bertz CT molecular complexity index is 507. The van der Waals surface area contributed by atoms with Gasteiger partial charge in [-0.15, -0.1) is 0 Å². The number of oxazole rings is 1. The Labute approximate surface area is 90.3 Å². The molecule has 0 spiro atoms. The molecule has 0 saturated heterocycles. The zero-order valence-electron chi connectivity index (χ0n) is 8.40. The molecule has 6 heteroatoms. The first-order valence-corrected chi connectivity index (χ1v) is 4.50. The molecule has 82 valence electrons. The number of rotatable bonds is 2. The highest BCUT2D eigenvalue weighted by Crippen LogP contribution is 2.08. The smallest absolute Gasteiger partial charge is 0.301 e. The van der Waals surface area contributed by atoms with Gasteiger partial charge in [-0.3, -0.25) is 10.1 Å². The minimum atomic E-state index is -0.636. The van der Waals surface area contributed by atoms with Crippen LogP contribution in [0.4, 0.5) is 10.4 Å². The van der Waals surface area contributed by atoms with Gasteiger partial charge in [-0.2, -0.15) is 9.37 Å². The van der Waals surface area contributed by atoms with Gasteiger partial charge in [0.2, 0.25) is 5.95 Å². The molecule has 0 saturated carbocycles. The fourth-order valence-electron chi connectivity index (χ4n) is 1.09. The molecule has 0 bridgehead atoms. The van der Waals surface area contributed by atoms with Gasteiger partial charge in [0.25, 0.3) is 5.91 Å². The van der Waals surface area contributed by atoms with Crippen molar-refractivity contribution in [1.29, 1.82) is 0 Å². The van der Waals surface area contributed by atoms with Crippen LogP contribution < -0.4 is 5.32 Å². The van der Waals surface area contributed by atoms with Gasteiger partial charge in [0.15, 0.2) is 0 Å². The molecule has 2 aromatic rings. The van der Waals surface area contributed by atoms with E-state index in [1.165, 1.54) is 12.3 Å². The highest BCUT2D eigenvalue weighted by atomic mass is 19.1. The average Bonchev–Trinajstić information content (AvgIpc) is 2.65. The second-order valence-electron chi connectivity index (χ2n) is 3.12. The van der Waals surface area contributed by atoms with Gasteiger partial charge in [-0.05, 0) is 19.1 Å². The molecule has 2 rings (SSSR count). The molecule has 0 unspecified atom stereocenters.